The van der Waals surface area contributed by atoms with Crippen LogP contribution in [0, 0.1) is 0 Å². The second kappa shape index (κ2) is 7.97. The van der Waals surface area contributed by atoms with Gasteiger partial charge in [0.1, 0.15) is 0 Å². The van der Waals surface area contributed by atoms with Crippen LogP contribution in [0.3, 0.4) is 0 Å². The molecule has 1 aromatic carbocycles. The highest BCUT2D eigenvalue weighted by atomic mass is 19.4. The number of nitrogens with zero attached hydrogens (tertiary/aromatic N) is 3. The average Bonchev–Trinajstić information content (AvgIpc) is 3.32. The molecule has 1 atom stereocenters. The molecule has 1 saturated carbocycles. The summed E-state index contributed by atoms with van der Waals surface area (Å²) in [5.41, 5.74) is 1.12. The number of hydrogen-bond acceptors (Lipinski definition) is 3. The van der Waals surface area contributed by atoms with Gasteiger partial charge in [0.15, 0.2) is 0 Å². The number of amides is 1. The maximum absolute atomic E-state index is 13.6. The van der Waals surface area contributed by atoms with Gasteiger partial charge in [0, 0.05) is 12.5 Å². The highest BCUT2D eigenvalue weighted by Crippen LogP contribution is 2.45. The van der Waals surface area contributed by atoms with Crippen molar-refractivity contribution < 1.29 is 18.0 Å². The fourth-order valence-electron chi connectivity index (χ4n) is 5.18. The number of alkyl halides is 3. The lowest BCUT2D eigenvalue weighted by Gasteiger charge is -2.28. The molecule has 0 spiro atoms. The van der Waals surface area contributed by atoms with Crippen LogP contribution in [-0.4, -0.2) is 40.2 Å². The van der Waals surface area contributed by atoms with Crippen LogP contribution < -0.4 is 5.32 Å². The molecule has 1 aliphatic carbocycles. The highest BCUT2D eigenvalue weighted by Gasteiger charge is 2.41. The van der Waals surface area contributed by atoms with E-state index in [9.17, 15) is 18.0 Å². The van der Waals surface area contributed by atoms with Crippen LogP contribution in [0.4, 0.5) is 13.2 Å². The van der Waals surface area contributed by atoms with E-state index in [1.165, 1.54) is 12.1 Å². The van der Waals surface area contributed by atoms with Gasteiger partial charge in [0.25, 0.3) is 5.91 Å². The smallest absolute Gasteiger partial charge is 0.331 e. The fourth-order valence-corrected chi connectivity index (χ4v) is 5.18. The quantitative estimate of drug-likeness (QED) is 0.763. The summed E-state index contributed by atoms with van der Waals surface area (Å²) in [6, 6.07) is 5.37. The number of carbonyl (C=O) groups excluding carboxylic acids is 1. The van der Waals surface area contributed by atoms with Crippen molar-refractivity contribution in [3.63, 3.8) is 0 Å². The number of benzene rings is 1. The summed E-state index contributed by atoms with van der Waals surface area (Å²) in [6.07, 6.45) is 2.48. The number of hydrogen-bond donors (Lipinski definition) is 1. The van der Waals surface area contributed by atoms with Crippen LogP contribution in [0.15, 0.2) is 30.5 Å². The lowest BCUT2D eigenvalue weighted by atomic mass is 9.97. The van der Waals surface area contributed by atoms with Crippen molar-refractivity contribution in [2.24, 2.45) is 0 Å². The molecule has 31 heavy (non-hydrogen) atoms. The van der Waals surface area contributed by atoms with Crippen LogP contribution in [0.5, 0.6) is 0 Å². The van der Waals surface area contributed by atoms with Gasteiger partial charge in [0.05, 0.1) is 35.1 Å². The molecule has 8 heteroatoms. The Labute approximate surface area is 179 Å². The molecule has 3 heterocycles. The Kier molecular flexibility index (Phi) is 5.28. The fraction of sp³-hybridized carbons (Fsp3) is 0.565. The molecule has 1 amide bonds. The summed E-state index contributed by atoms with van der Waals surface area (Å²) in [6.45, 7) is 2.33. The van der Waals surface area contributed by atoms with Gasteiger partial charge in [-0.3, -0.25) is 9.48 Å². The number of nitrogens with one attached hydrogen (secondary N) is 1. The lowest BCUT2D eigenvalue weighted by Crippen LogP contribution is -2.33. The zero-order valence-corrected chi connectivity index (χ0v) is 17.4. The molecule has 1 aromatic heterocycles. The Hall–Kier alpha value is -2.35. The predicted octanol–water partition coefficient (Wildman–Crippen LogP) is 4.68. The van der Waals surface area contributed by atoms with Gasteiger partial charge in [-0.2, -0.15) is 18.3 Å². The standard InChI is InChI=1S/C23H27F3N4O/c24-23(25,26)19-5-2-1-4-17(19)20-6-3-13-29(20)22(31)18-14-28-30(21(18)15-7-8-15)16-9-11-27-12-10-16/h1-2,4-5,14-16,20,27H,3,6-13H2. The minimum atomic E-state index is -4.44. The summed E-state index contributed by atoms with van der Waals surface area (Å²) in [7, 11) is 0. The van der Waals surface area contributed by atoms with Crippen molar-refractivity contribution >= 4 is 5.91 Å². The molecule has 3 aliphatic rings. The van der Waals surface area contributed by atoms with Crippen molar-refractivity contribution in [3.8, 4) is 0 Å². The first-order valence-electron chi connectivity index (χ1n) is 11.2. The van der Waals surface area contributed by atoms with Gasteiger partial charge >= 0.3 is 6.18 Å². The van der Waals surface area contributed by atoms with Gasteiger partial charge in [-0.05, 0) is 63.2 Å². The molecule has 5 rings (SSSR count). The van der Waals surface area contributed by atoms with Gasteiger partial charge in [-0.25, -0.2) is 0 Å². The van der Waals surface area contributed by atoms with Crippen molar-refractivity contribution in [2.45, 2.75) is 62.7 Å². The van der Waals surface area contributed by atoms with E-state index in [2.05, 4.69) is 10.4 Å². The second-order valence-electron chi connectivity index (χ2n) is 8.89. The van der Waals surface area contributed by atoms with Crippen molar-refractivity contribution in [1.82, 2.24) is 20.0 Å². The molecule has 0 radical (unpaired) electrons. The van der Waals surface area contributed by atoms with Gasteiger partial charge < -0.3 is 10.2 Å². The molecule has 5 nitrogen and oxygen atoms in total. The zero-order chi connectivity index (χ0) is 21.6. The Morgan fingerprint density at radius 2 is 1.81 bits per heavy atom. The maximum atomic E-state index is 13.6. The first-order chi connectivity index (χ1) is 14.9. The molecule has 1 unspecified atom stereocenters. The Morgan fingerprint density at radius 3 is 2.52 bits per heavy atom. The molecule has 0 bridgehead atoms. The number of likely N-dealkylation sites (tertiary alicyclic amines) is 1. The van der Waals surface area contributed by atoms with Crippen molar-refractivity contribution in [2.75, 3.05) is 19.6 Å². The van der Waals surface area contributed by atoms with E-state index in [1.54, 1.807) is 17.2 Å². The summed E-state index contributed by atoms with van der Waals surface area (Å²) < 4.78 is 42.9. The summed E-state index contributed by atoms with van der Waals surface area (Å²) in [5.74, 6) is 0.154. The van der Waals surface area contributed by atoms with Crippen LogP contribution in [-0.2, 0) is 6.18 Å². The number of aromatic nitrogens is 2. The minimum Gasteiger partial charge on any atom is -0.331 e. The molecule has 2 aromatic rings. The SMILES string of the molecule is O=C(c1cnn(C2CCNCC2)c1C1CC1)N1CCCC1c1ccccc1C(F)(F)F. The van der Waals surface area contributed by atoms with Gasteiger partial charge in [-0.1, -0.05) is 18.2 Å². The minimum absolute atomic E-state index is 0.179. The molecule has 2 saturated heterocycles. The van der Waals surface area contributed by atoms with Crippen LogP contribution in [0.2, 0.25) is 0 Å². The maximum Gasteiger partial charge on any atom is 0.416 e. The molecule has 3 fully saturated rings. The largest absolute Gasteiger partial charge is 0.416 e. The Bertz CT molecular complexity index is 960. The number of rotatable bonds is 4. The molecule has 166 valence electrons. The molecule has 2 aliphatic heterocycles. The van der Waals surface area contributed by atoms with Crippen LogP contribution in [0.1, 0.15) is 83.7 Å². The third-order valence-electron chi connectivity index (χ3n) is 6.82. The second-order valence-corrected chi connectivity index (χ2v) is 8.89. The van der Waals surface area contributed by atoms with E-state index in [0.717, 1.165) is 50.5 Å². The van der Waals surface area contributed by atoms with E-state index in [-0.39, 0.29) is 17.5 Å². The molecular weight excluding hydrogens is 405 g/mol. The van der Waals surface area contributed by atoms with E-state index in [1.807, 2.05) is 4.68 Å². The van der Waals surface area contributed by atoms with E-state index >= 15 is 0 Å². The summed E-state index contributed by atoms with van der Waals surface area (Å²) in [5, 5.41) is 7.97. The van der Waals surface area contributed by atoms with Crippen molar-refractivity contribution in [3.05, 3.63) is 52.8 Å². The van der Waals surface area contributed by atoms with E-state index in [4.69, 9.17) is 0 Å². The first-order valence-corrected chi connectivity index (χ1v) is 11.2. The highest BCUT2D eigenvalue weighted by molar-refractivity contribution is 5.96. The lowest BCUT2D eigenvalue weighted by molar-refractivity contribution is -0.138. The predicted molar refractivity (Wildman–Crippen MR) is 110 cm³/mol. The Balaban J connectivity index is 1.48. The number of piperidine rings is 1. The van der Waals surface area contributed by atoms with E-state index < -0.39 is 17.8 Å². The van der Waals surface area contributed by atoms with E-state index in [0.29, 0.717) is 30.9 Å². The topological polar surface area (TPSA) is 50.2 Å². The number of carbonyl (C=O) groups is 1. The monoisotopic (exact) mass is 432 g/mol. The van der Waals surface area contributed by atoms with Crippen LogP contribution in [0.25, 0.3) is 0 Å². The third kappa shape index (κ3) is 3.86. The van der Waals surface area contributed by atoms with Crippen LogP contribution >= 0.6 is 0 Å². The molecule has 1 N–H and O–H groups in total. The average molecular weight is 432 g/mol. The summed E-state index contributed by atoms with van der Waals surface area (Å²) >= 11 is 0. The Morgan fingerprint density at radius 1 is 1.06 bits per heavy atom. The van der Waals surface area contributed by atoms with Gasteiger partial charge in [0.2, 0.25) is 0 Å². The molecular formula is C23H27F3N4O. The normalized spacial score (nSPS) is 22.8. The first kappa shape index (κ1) is 20.5. The number of halogens is 3. The third-order valence-corrected chi connectivity index (χ3v) is 6.82. The van der Waals surface area contributed by atoms with Crippen molar-refractivity contribution in [1.29, 1.82) is 0 Å². The van der Waals surface area contributed by atoms with Gasteiger partial charge in [-0.15, -0.1) is 0 Å². The summed E-state index contributed by atoms with van der Waals surface area (Å²) in [4.78, 5) is 15.3. The zero-order valence-electron chi connectivity index (χ0n) is 17.4.